The maximum atomic E-state index is 11.1. The molecule has 0 unspecified atom stereocenters. The largest absolute Gasteiger partial charge is 0.294 e. The van der Waals surface area contributed by atoms with Crippen LogP contribution < -0.4 is 0 Å². The van der Waals surface area contributed by atoms with Gasteiger partial charge in [0, 0.05) is 6.42 Å². The molecule has 0 aliphatic carbocycles. The molecule has 1 heteroatoms. The molecule has 0 saturated heterocycles. The van der Waals surface area contributed by atoms with Crippen LogP contribution in [0.4, 0.5) is 0 Å². The van der Waals surface area contributed by atoms with Gasteiger partial charge in [-0.3, -0.25) is 4.79 Å². The second kappa shape index (κ2) is 4.98. The average Bonchev–Trinajstić information content (AvgIpc) is 1.91. The Kier molecular flexibility index (Phi) is 4.55. The Balaban J connectivity index is 4.03. The van der Waals surface area contributed by atoms with Gasteiger partial charge < -0.3 is 0 Å². The van der Waals surface area contributed by atoms with Crippen molar-refractivity contribution in [3.8, 4) is 0 Å². The monoisotopic (exact) mass is 138 g/mol. The minimum absolute atomic E-state index is 0.194. The lowest BCUT2D eigenvalue weighted by Crippen LogP contribution is -1.98. The van der Waals surface area contributed by atoms with Crippen molar-refractivity contribution in [1.29, 1.82) is 0 Å². The van der Waals surface area contributed by atoms with Crippen molar-refractivity contribution >= 4 is 5.78 Å². The number of rotatable bonds is 4. The average molecular weight is 138 g/mol. The van der Waals surface area contributed by atoms with Crippen LogP contribution in [0.5, 0.6) is 0 Å². The Labute approximate surface area is 62.4 Å². The normalized spacial score (nSPS) is 11.2. The van der Waals surface area contributed by atoms with E-state index in [-0.39, 0.29) is 5.78 Å². The summed E-state index contributed by atoms with van der Waals surface area (Å²) in [7, 11) is 0. The van der Waals surface area contributed by atoms with E-state index in [1.54, 1.807) is 6.08 Å². The van der Waals surface area contributed by atoms with Crippen molar-refractivity contribution < 1.29 is 4.79 Å². The van der Waals surface area contributed by atoms with Crippen LogP contribution in [-0.2, 0) is 4.79 Å². The summed E-state index contributed by atoms with van der Waals surface area (Å²) >= 11 is 0. The molecule has 56 valence electrons. The molecular weight excluding hydrogens is 124 g/mol. The predicted molar refractivity (Wildman–Crippen MR) is 43.9 cm³/mol. The number of hydrogen-bond donors (Lipinski definition) is 0. The van der Waals surface area contributed by atoms with Gasteiger partial charge in [0.25, 0.3) is 0 Å². The lowest BCUT2D eigenvalue weighted by atomic mass is 10.1. The standard InChI is InChI=1S/C9H14O/c1-4-7-9(10)8(5-2)6-3/h4-5H,1,6-7H2,2-3H3/b8-5-. The predicted octanol–water partition coefficient (Wildman–Crippen LogP) is 2.49. The number of Topliss-reactive ketones (excluding diaryl/α,β-unsaturated/α-hetero) is 1. The minimum atomic E-state index is 0.194. The van der Waals surface area contributed by atoms with Crippen LogP contribution in [0.3, 0.4) is 0 Å². The Hall–Kier alpha value is -0.850. The molecule has 0 aliphatic heterocycles. The van der Waals surface area contributed by atoms with Gasteiger partial charge in [-0.1, -0.05) is 19.1 Å². The number of hydrogen-bond acceptors (Lipinski definition) is 1. The van der Waals surface area contributed by atoms with Crippen molar-refractivity contribution in [2.24, 2.45) is 0 Å². The zero-order chi connectivity index (χ0) is 7.98. The van der Waals surface area contributed by atoms with E-state index in [1.807, 2.05) is 19.9 Å². The molecule has 0 bridgehead atoms. The Bertz CT molecular complexity index is 154. The fourth-order valence-corrected chi connectivity index (χ4v) is 0.824. The maximum Gasteiger partial charge on any atom is 0.162 e. The molecule has 0 amide bonds. The first-order chi connectivity index (χ1) is 4.76. The third kappa shape index (κ3) is 2.62. The first-order valence-corrected chi connectivity index (χ1v) is 3.55. The van der Waals surface area contributed by atoms with E-state index in [0.717, 1.165) is 12.0 Å². The van der Waals surface area contributed by atoms with E-state index in [1.165, 1.54) is 0 Å². The minimum Gasteiger partial charge on any atom is -0.294 e. The fraction of sp³-hybridized carbons (Fsp3) is 0.444. The van der Waals surface area contributed by atoms with Crippen LogP contribution in [0.2, 0.25) is 0 Å². The molecule has 0 rings (SSSR count). The van der Waals surface area contributed by atoms with Crippen LogP contribution >= 0.6 is 0 Å². The SMILES string of the molecule is C=CCC(=O)/C(=C\C)CC. The highest BCUT2D eigenvalue weighted by atomic mass is 16.1. The second-order valence-corrected chi connectivity index (χ2v) is 2.08. The number of carbonyl (C=O) groups is 1. The maximum absolute atomic E-state index is 11.1. The third-order valence-electron chi connectivity index (χ3n) is 1.42. The molecule has 0 N–H and O–H groups in total. The summed E-state index contributed by atoms with van der Waals surface area (Å²) in [6.07, 6.45) is 4.80. The van der Waals surface area contributed by atoms with Crippen LogP contribution in [0.15, 0.2) is 24.3 Å². The van der Waals surface area contributed by atoms with Gasteiger partial charge in [-0.15, -0.1) is 6.58 Å². The van der Waals surface area contributed by atoms with Gasteiger partial charge in [0.05, 0.1) is 0 Å². The lowest BCUT2D eigenvalue weighted by Gasteiger charge is -1.97. The quantitative estimate of drug-likeness (QED) is 0.431. The Morgan fingerprint density at radius 1 is 1.60 bits per heavy atom. The number of allylic oxidation sites excluding steroid dienone is 3. The van der Waals surface area contributed by atoms with E-state index in [2.05, 4.69) is 6.58 Å². The summed E-state index contributed by atoms with van der Waals surface area (Å²) in [4.78, 5) is 11.1. The van der Waals surface area contributed by atoms with Gasteiger partial charge in [-0.25, -0.2) is 0 Å². The van der Waals surface area contributed by atoms with Gasteiger partial charge in [0.1, 0.15) is 0 Å². The van der Waals surface area contributed by atoms with Crippen LogP contribution in [-0.4, -0.2) is 5.78 Å². The van der Waals surface area contributed by atoms with Crippen molar-refractivity contribution in [1.82, 2.24) is 0 Å². The molecule has 0 aromatic carbocycles. The molecule has 0 saturated carbocycles. The highest BCUT2D eigenvalue weighted by Crippen LogP contribution is 2.04. The van der Waals surface area contributed by atoms with Crippen LogP contribution in [0.1, 0.15) is 26.7 Å². The molecule has 0 fully saturated rings. The molecule has 0 aromatic heterocycles. The summed E-state index contributed by atoms with van der Waals surface area (Å²) in [5, 5.41) is 0. The second-order valence-electron chi connectivity index (χ2n) is 2.08. The molecule has 0 aliphatic rings. The third-order valence-corrected chi connectivity index (χ3v) is 1.42. The van der Waals surface area contributed by atoms with E-state index in [0.29, 0.717) is 6.42 Å². The molecule has 0 heterocycles. The highest BCUT2D eigenvalue weighted by molar-refractivity contribution is 5.95. The van der Waals surface area contributed by atoms with Gasteiger partial charge in [-0.2, -0.15) is 0 Å². The van der Waals surface area contributed by atoms with E-state index < -0.39 is 0 Å². The van der Waals surface area contributed by atoms with Gasteiger partial charge in [0.2, 0.25) is 0 Å². The van der Waals surface area contributed by atoms with Gasteiger partial charge >= 0.3 is 0 Å². The Morgan fingerprint density at radius 3 is 2.50 bits per heavy atom. The van der Waals surface area contributed by atoms with E-state index >= 15 is 0 Å². The molecular formula is C9H14O. The molecule has 0 aromatic rings. The summed E-state index contributed by atoms with van der Waals surface area (Å²) in [6.45, 7) is 7.37. The van der Waals surface area contributed by atoms with E-state index in [4.69, 9.17) is 0 Å². The molecule has 1 nitrogen and oxygen atoms in total. The summed E-state index contributed by atoms with van der Waals surface area (Å²) < 4.78 is 0. The molecule has 0 radical (unpaired) electrons. The highest BCUT2D eigenvalue weighted by Gasteiger charge is 2.01. The topological polar surface area (TPSA) is 17.1 Å². The summed E-state index contributed by atoms with van der Waals surface area (Å²) in [6, 6.07) is 0. The van der Waals surface area contributed by atoms with Crippen molar-refractivity contribution in [2.75, 3.05) is 0 Å². The van der Waals surface area contributed by atoms with Crippen molar-refractivity contribution in [2.45, 2.75) is 26.7 Å². The Morgan fingerprint density at radius 2 is 2.20 bits per heavy atom. The molecule has 0 spiro atoms. The first-order valence-electron chi connectivity index (χ1n) is 3.55. The summed E-state index contributed by atoms with van der Waals surface area (Å²) in [5.41, 5.74) is 0.903. The number of ketones is 1. The molecule has 0 atom stereocenters. The van der Waals surface area contributed by atoms with Gasteiger partial charge in [-0.05, 0) is 18.9 Å². The van der Waals surface area contributed by atoms with Gasteiger partial charge in [0.15, 0.2) is 5.78 Å². The lowest BCUT2D eigenvalue weighted by molar-refractivity contribution is -0.114. The van der Waals surface area contributed by atoms with Crippen molar-refractivity contribution in [3.05, 3.63) is 24.3 Å². The summed E-state index contributed by atoms with van der Waals surface area (Å²) in [5.74, 6) is 0.194. The smallest absolute Gasteiger partial charge is 0.162 e. The molecule has 10 heavy (non-hydrogen) atoms. The zero-order valence-electron chi connectivity index (χ0n) is 6.68. The van der Waals surface area contributed by atoms with Crippen molar-refractivity contribution in [3.63, 3.8) is 0 Å². The fourth-order valence-electron chi connectivity index (χ4n) is 0.824. The number of carbonyl (C=O) groups excluding carboxylic acids is 1. The first kappa shape index (κ1) is 9.15. The van der Waals surface area contributed by atoms with E-state index in [9.17, 15) is 4.79 Å². The van der Waals surface area contributed by atoms with Crippen LogP contribution in [0.25, 0.3) is 0 Å². The van der Waals surface area contributed by atoms with Crippen LogP contribution in [0, 0.1) is 0 Å². The zero-order valence-corrected chi connectivity index (χ0v) is 6.68.